The summed E-state index contributed by atoms with van der Waals surface area (Å²) in [6.07, 6.45) is 3.46. The maximum Gasteiger partial charge on any atom is 0.222 e. The van der Waals surface area contributed by atoms with Crippen LogP contribution in [0.25, 0.3) is 0 Å². The van der Waals surface area contributed by atoms with Crippen molar-refractivity contribution >= 4 is 17.4 Å². The summed E-state index contributed by atoms with van der Waals surface area (Å²) >= 11 is 0. The van der Waals surface area contributed by atoms with Crippen molar-refractivity contribution in [1.29, 1.82) is 0 Å². The van der Waals surface area contributed by atoms with Gasteiger partial charge in [-0.1, -0.05) is 0 Å². The lowest BCUT2D eigenvalue weighted by atomic mass is 9.96. The van der Waals surface area contributed by atoms with Crippen molar-refractivity contribution in [2.45, 2.75) is 12.8 Å². The molecular weight excluding hydrogens is 216 g/mol. The van der Waals surface area contributed by atoms with Crippen LogP contribution in [0.2, 0.25) is 0 Å². The molecule has 1 fully saturated rings. The van der Waals surface area contributed by atoms with E-state index in [9.17, 15) is 4.79 Å². The average Bonchev–Trinajstić information content (AvgIpc) is 2.38. The van der Waals surface area contributed by atoms with Crippen LogP contribution >= 0.6 is 0 Å². The number of piperidine rings is 1. The fourth-order valence-corrected chi connectivity index (χ4v) is 2.18. The smallest absolute Gasteiger partial charge is 0.222 e. The first-order valence-electron chi connectivity index (χ1n) is 5.89. The first kappa shape index (κ1) is 11.7. The molecule has 0 radical (unpaired) electrons. The third kappa shape index (κ3) is 2.67. The number of carbonyl (C=O) groups excluding carboxylic acids is 1. The second kappa shape index (κ2) is 5.03. The number of nitrogens with two attached hydrogens (primary N) is 1. The minimum absolute atomic E-state index is 0.136. The minimum atomic E-state index is 0.136. The summed E-state index contributed by atoms with van der Waals surface area (Å²) in [6, 6.07) is 3.65. The number of pyridine rings is 1. The van der Waals surface area contributed by atoms with Gasteiger partial charge in [0.2, 0.25) is 5.91 Å². The largest absolute Gasteiger partial charge is 0.399 e. The van der Waals surface area contributed by atoms with E-state index in [-0.39, 0.29) is 11.8 Å². The Kier molecular flexibility index (Phi) is 3.46. The van der Waals surface area contributed by atoms with Gasteiger partial charge in [0, 0.05) is 44.0 Å². The van der Waals surface area contributed by atoms with E-state index in [1.807, 2.05) is 6.07 Å². The SMILES string of the molecule is CNC(=O)C1CCN(c2cc(N)ccn2)CC1. The monoisotopic (exact) mass is 234 g/mol. The van der Waals surface area contributed by atoms with E-state index in [1.165, 1.54) is 0 Å². The van der Waals surface area contributed by atoms with E-state index in [4.69, 9.17) is 5.73 Å². The van der Waals surface area contributed by atoms with Crippen molar-refractivity contribution < 1.29 is 4.79 Å². The molecule has 2 heterocycles. The van der Waals surface area contributed by atoms with Crippen LogP contribution < -0.4 is 16.0 Å². The van der Waals surface area contributed by atoms with Crippen molar-refractivity contribution in [2.24, 2.45) is 5.92 Å². The van der Waals surface area contributed by atoms with Crippen LogP contribution in [0.1, 0.15) is 12.8 Å². The van der Waals surface area contributed by atoms with E-state index in [1.54, 1.807) is 19.3 Å². The van der Waals surface area contributed by atoms with Gasteiger partial charge in [0.25, 0.3) is 0 Å². The molecule has 0 spiro atoms. The number of nitrogens with one attached hydrogen (secondary N) is 1. The number of amides is 1. The Morgan fingerprint density at radius 2 is 2.24 bits per heavy atom. The lowest BCUT2D eigenvalue weighted by Crippen LogP contribution is -2.39. The Morgan fingerprint density at radius 3 is 2.82 bits per heavy atom. The van der Waals surface area contributed by atoms with E-state index < -0.39 is 0 Å². The fraction of sp³-hybridized carbons (Fsp3) is 0.500. The summed E-state index contributed by atoms with van der Waals surface area (Å²) in [6.45, 7) is 1.71. The van der Waals surface area contributed by atoms with Crippen LogP contribution in [0.5, 0.6) is 0 Å². The van der Waals surface area contributed by atoms with Gasteiger partial charge in [-0.3, -0.25) is 4.79 Å². The Bertz CT molecular complexity index is 399. The van der Waals surface area contributed by atoms with Crippen LogP contribution in [0, 0.1) is 5.92 Å². The Balaban J connectivity index is 1.97. The molecule has 2 rings (SSSR count). The van der Waals surface area contributed by atoms with Crippen LogP contribution in [0.3, 0.4) is 0 Å². The van der Waals surface area contributed by atoms with Gasteiger partial charge in [0.1, 0.15) is 5.82 Å². The molecule has 1 aromatic heterocycles. The fourth-order valence-electron chi connectivity index (χ4n) is 2.18. The molecule has 5 heteroatoms. The lowest BCUT2D eigenvalue weighted by Gasteiger charge is -2.31. The lowest BCUT2D eigenvalue weighted by molar-refractivity contribution is -0.125. The van der Waals surface area contributed by atoms with Crippen molar-refractivity contribution in [3.63, 3.8) is 0 Å². The number of nitrogen functional groups attached to an aromatic ring is 1. The molecule has 0 aliphatic carbocycles. The highest BCUT2D eigenvalue weighted by atomic mass is 16.1. The maximum atomic E-state index is 11.5. The molecule has 0 unspecified atom stereocenters. The first-order valence-corrected chi connectivity index (χ1v) is 5.89. The molecule has 1 aliphatic rings. The summed E-state index contributed by atoms with van der Waals surface area (Å²) in [5, 5.41) is 2.71. The van der Waals surface area contributed by atoms with Gasteiger partial charge in [-0.2, -0.15) is 0 Å². The van der Waals surface area contributed by atoms with Gasteiger partial charge in [-0.15, -0.1) is 0 Å². The number of carbonyl (C=O) groups is 1. The van der Waals surface area contributed by atoms with Crippen LogP contribution in [0.4, 0.5) is 11.5 Å². The molecule has 1 amide bonds. The minimum Gasteiger partial charge on any atom is -0.399 e. The predicted molar refractivity (Wildman–Crippen MR) is 67.7 cm³/mol. The zero-order chi connectivity index (χ0) is 12.3. The van der Waals surface area contributed by atoms with Gasteiger partial charge < -0.3 is 16.0 Å². The number of hydrogen-bond donors (Lipinski definition) is 2. The molecule has 1 aliphatic heterocycles. The Morgan fingerprint density at radius 1 is 1.53 bits per heavy atom. The molecular formula is C12H18N4O. The molecule has 0 bridgehead atoms. The normalized spacial score (nSPS) is 16.9. The number of hydrogen-bond acceptors (Lipinski definition) is 4. The molecule has 3 N–H and O–H groups in total. The standard InChI is InChI=1S/C12H18N4O/c1-14-12(17)9-3-6-16(7-4-9)11-8-10(13)2-5-15-11/h2,5,8-9H,3-4,6-7H2,1H3,(H2,13,15)(H,14,17). The highest BCUT2D eigenvalue weighted by molar-refractivity contribution is 5.78. The molecule has 0 saturated carbocycles. The second-order valence-electron chi connectivity index (χ2n) is 4.32. The zero-order valence-electron chi connectivity index (χ0n) is 10.0. The van der Waals surface area contributed by atoms with E-state index in [0.29, 0.717) is 0 Å². The number of nitrogens with zero attached hydrogens (tertiary/aromatic N) is 2. The third-order valence-corrected chi connectivity index (χ3v) is 3.21. The highest BCUT2D eigenvalue weighted by Gasteiger charge is 2.24. The Labute approximate surface area is 101 Å². The van der Waals surface area contributed by atoms with Crippen LogP contribution in [-0.2, 0) is 4.79 Å². The van der Waals surface area contributed by atoms with Gasteiger partial charge >= 0.3 is 0 Å². The van der Waals surface area contributed by atoms with Gasteiger partial charge in [-0.25, -0.2) is 4.98 Å². The predicted octanol–water partition coefficient (Wildman–Crippen LogP) is 0.626. The quantitative estimate of drug-likeness (QED) is 0.787. The van der Waals surface area contributed by atoms with Gasteiger partial charge in [-0.05, 0) is 18.9 Å². The van der Waals surface area contributed by atoms with Crippen LogP contribution in [-0.4, -0.2) is 31.0 Å². The summed E-state index contributed by atoms with van der Waals surface area (Å²) in [5.41, 5.74) is 6.46. The highest BCUT2D eigenvalue weighted by Crippen LogP contribution is 2.22. The second-order valence-corrected chi connectivity index (χ2v) is 4.32. The van der Waals surface area contributed by atoms with E-state index in [0.717, 1.165) is 37.4 Å². The van der Waals surface area contributed by atoms with E-state index in [2.05, 4.69) is 15.2 Å². The van der Waals surface area contributed by atoms with Crippen molar-refractivity contribution in [3.8, 4) is 0 Å². The molecule has 17 heavy (non-hydrogen) atoms. The molecule has 0 aromatic carbocycles. The third-order valence-electron chi connectivity index (χ3n) is 3.21. The number of anilines is 2. The molecule has 5 nitrogen and oxygen atoms in total. The summed E-state index contributed by atoms with van der Waals surface area (Å²) in [4.78, 5) is 18.0. The number of aromatic nitrogens is 1. The molecule has 0 atom stereocenters. The molecule has 92 valence electrons. The van der Waals surface area contributed by atoms with Gasteiger partial charge in [0.05, 0.1) is 0 Å². The molecule has 1 aromatic rings. The first-order chi connectivity index (χ1) is 8.20. The summed E-state index contributed by atoms with van der Waals surface area (Å²) in [5.74, 6) is 1.18. The summed E-state index contributed by atoms with van der Waals surface area (Å²) < 4.78 is 0. The number of rotatable bonds is 2. The Hall–Kier alpha value is -1.78. The van der Waals surface area contributed by atoms with Gasteiger partial charge in [0.15, 0.2) is 0 Å². The van der Waals surface area contributed by atoms with Crippen molar-refractivity contribution in [1.82, 2.24) is 10.3 Å². The van der Waals surface area contributed by atoms with Crippen molar-refractivity contribution in [3.05, 3.63) is 18.3 Å². The zero-order valence-corrected chi connectivity index (χ0v) is 10.0. The topological polar surface area (TPSA) is 71.2 Å². The maximum absolute atomic E-state index is 11.5. The average molecular weight is 234 g/mol. The summed E-state index contributed by atoms with van der Waals surface area (Å²) in [7, 11) is 1.69. The van der Waals surface area contributed by atoms with E-state index >= 15 is 0 Å². The van der Waals surface area contributed by atoms with Crippen LogP contribution in [0.15, 0.2) is 18.3 Å². The molecule has 1 saturated heterocycles. The van der Waals surface area contributed by atoms with Crippen molar-refractivity contribution in [2.75, 3.05) is 30.8 Å².